The summed E-state index contributed by atoms with van der Waals surface area (Å²) >= 11 is 0. The van der Waals surface area contributed by atoms with E-state index in [1.165, 1.54) is 12.0 Å². The SMILES string of the molecule is Cc1cc(S(=O)(=O)NC2CCCCC2)ccc1OCC(=O)N1c2ccccc2CC1C. The van der Waals surface area contributed by atoms with Gasteiger partial charge in [-0.25, -0.2) is 13.1 Å². The summed E-state index contributed by atoms with van der Waals surface area (Å²) in [4.78, 5) is 14.9. The molecule has 0 spiro atoms. The summed E-state index contributed by atoms with van der Waals surface area (Å²) in [5.41, 5.74) is 2.80. The fraction of sp³-hybridized carbons (Fsp3) is 0.458. The van der Waals surface area contributed by atoms with Crippen molar-refractivity contribution in [2.45, 2.75) is 69.4 Å². The number of rotatable bonds is 6. The molecule has 0 radical (unpaired) electrons. The Labute approximate surface area is 184 Å². The molecular formula is C24H30N2O4S. The molecule has 1 saturated carbocycles. The average molecular weight is 443 g/mol. The maximum Gasteiger partial charge on any atom is 0.265 e. The van der Waals surface area contributed by atoms with Crippen LogP contribution < -0.4 is 14.4 Å². The highest BCUT2D eigenvalue weighted by atomic mass is 32.2. The first-order valence-corrected chi connectivity index (χ1v) is 12.5. The minimum absolute atomic E-state index is 0.0120. The van der Waals surface area contributed by atoms with E-state index in [0.29, 0.717) is 11.3 Å². The maximum absolute atomic E-state index is 12.8. The number of benzene rings is 2. The first-order chi connectivity index (χ1) is 14.8. The molecule has 1 unspecified atom stereocenters. The van der Waals surface area contributed by atoms with Crippen molar-refractivity contribution in [2.24, 2.45) is 0 Å². The number of fused-ring (bicyclic) bond motifs is 1. The van der Waals surface area contributed by atoms with Crippen LogP contribution in [0, 0.1) is 6.92 Å². The number of hydrogen-bond acceptors (Lipinski definition) is 4. The standard InChI is InChI=1S/C24H30N2O4S/c1-17-14-21(31(28,29)25-20-9-4-3-5-10-20)12-13-23(17)30-16-24(27)26-18(2)15-19-8-6-7-11-22(19)26/h6-8,11-14,18,20,25H,3-5,9-10,15-16H2,1-2H3. The first-order valence-electron chi connectivity index (χ1n) is 11.0. The number of nitrogens with one attached hydrogen (secondary N) is 1. The fourth-order valence-electron chi connectivity index (χ4n) is 4.61. The predicted molar refractivity (Wildman–Crippen MR) is 121 cm³/mol. The molecule has 6 nitrogen and oxygen atoms in total. The number of aryl methyl sites for hydroxylation is 1. The van der Waals surface area contributed by atoms with Gasteiger partial charge in [-0.3, -0.25) is 4.79 Å². The van der Waals surface area contributed by atoms with Crippen molar-refractivity contribution in [1.82, 2.24) is 4.72 Å². The molecule has 166 valence electrons. The van der Waals surface area contributed by atoms with Crippen LogP contribution in [0.5, 0.6) is 5.75 Å². The Morgan fingerprint density at radius 2 is 1.87 bits per heavy atom. The van der Waals surface area contributed by atoms with E-state index in [0.717, 1.165) is 37.8 Å². The third-order valence-electron chi connectivity index (χ3n) is 6.21. The lowest BCUT2D eigenvalue weighted by Crippen LogP contribution is -2.39. The number of anilines is 1. The monoisotopic (exact) mass is 442 g/mol. The van der Waals surface area contributed by atoms with E-state index in [9.17, 15) is 13.2 Å². The van der Waals surface area contributed by atoms with Crippen molar-refractivity contribution in [3.8, 4) is 5.75 Å². The molecule has 2 aliphatic rings. The molecular weight excluding hydrogens is 412 g/mol. The summed E-state index contributed by atoms with van der Waals surface area (Å²) < 4.78 is 34.1. The molecule has 0 bridgehead atoms. The van der Waals surface area contributed by atoms with Gasteiger partial charge < -0.3 is 9.64 Å². The van der Waals surface area contributed by atoms with Crippen LogP contribution >= 0.6 is 0 Å². The number of amides is 1. The number of sulfonamides is 1. The molecule has 31 heavy (non-hydrogen) atoms. The van der Waals surface area contributed by atoms with E-state index in [2.05, 4.69) is 4.72 Å². The van der Waals surface area contributed by atoms with Gasteiger partial charge in [0.25, 0.3) is 5.91 Å². The van der Waals surface area contributed by atoms with Gasteiger partial charge in [0.1, 0.15) is 5.75 Å². The molecule has 7 heteroatoms. The second-order valence-corrected chi connectivity index (χ2v) is 10.3. The van der Waals surface area contributed by atoms with Gasteiger partial charge in [-0.2, -0.15) is 0 Å². The van der Waals surface area contributed by atoms with Crippen LogP contribution in [0.3, 0.4) is 0 Å². The van der Waals surface area contributed by atoms with Gasteiger partial charge in [-0.05, 0) is 68.5 Å². The summed E-state index contributed by atoms with van der Waals surface area (Å²) in [5, 5.41) is 0. The van der Waals surface area contributed by atoms with Crippen molar-refractivity contribution in [3.63, 3.8) is 0 Å². The Morgan fingerprint density at radius 1 is 1.13 bits per heavy atom. The van der Waals surface area contributed by atoms with E-state index in [1.807, 2.05) is 31.2 Å². The molecule has 1 N–H and O–H groups in total. The second-order valence-electron chi connectivity index (χ2n) is 8.62. The number of nitrogens with zero attached hydrogens (tertiary/aromatic N) is 1. The number of carbonyl (C=O) groups excluding carboxylic acids is 1. The Balaban J connectivity index is 1.41. The number of ether oxygens (including phenoxy) is 1. The quantitative estimate of drug-likeness (QED) is 0.735. The van der Waals surface area contributed by atoms with E-state index in [4.69, 9.17) is 4.74 Å². The van der Waals surface area contributed by atoms with Gasteiger partial charge in [0.05, 0.1) is 4.90 Å². The molecule has 0 saturated heterocycles. The van der Waals surface area contributed by atoms with Gasteiger partial charge in [0.2, 0.25) is 10.0 Å². The van der Waals surface area contributed by atoms with Crippen LogP contribution in [0.4, 0.5) is 5.69 Å². The van der Waals surface area contributed by atoms with E-state index < -0.39 is 10.0 Å². The Kier molecular flexibility index (Phi) is 6.34. The summed E-state index contributed by atoms with van der Waals surface area (Å²) in [6.07, 6.45) is 5.91. The zero-order valence-corrected chi connectivity index (χ0v) is 19.0. The molecule has 1 fully saturated rings. The van der Waals surface area contributed by atoms with Gasteiger partial charge in [-0.15, -0.1) is 0 Å². The molecule has 0 aromatic heterocycles. The van der Waals surface area contributed by atoms with Crippen molar-refractivity contribution in [3.05, 3.63) is 53.6 Å². The van der Waals surface area contributed by atoms with Crippen molar-refractivity contribution >= 4 is 21.6 Å². The smallest absolute Gasteiger partial charge is 0.265 e. The zero-order valence-electron chi connectivity index (χ0n) is 18.1. The highest BCUT2D eigenvalue weighted by Gasteiger charge is 2.30. The van der Waals surface area contributed by atoms with E-state index >= 15 is 0 Å². The van der Waals surface area contributed by atoms with Crippen LogP contribution in [0.25, 0.3) is 0 Å². The second kappa shape index (κ2) is 9.01. The third-order valence-corrected chi connectivity index (χ3v) is 7.73. The van der Waals surface area contributed by atoms with Crippen molar-refractivity contribution in [1.29, 1.82) is 0 Å². The first kappa shape index (κ1) is 21.8. The number of hydrogen-bond donors (Lipinski definition) is 1. The van der Waals surface area contributed by atoms with E-state index in [1.54, 1.807) is 30.0 Å². The Bertz CT molecular complexity index is 1060. The maximum atomic E-state index is 12.8. The molecule has 2 aromatic carbocycles. The van der Waals surface area contributed by atoms with E-state index in [-0.39, 0.29) is 29.5 Å². The Hall–Kier alpha value is -2.38. The lowest BCUT2D eigenvalue weighted by Gasteiger charge is -2.23. The van der Waals surface area contributed by atoms with Crippen molar-refractivity contribution < 1.29 is 17.9 Å². The van der Waals surface area contributed by atoms with Crippen molar-refractivity contribution in [2.75, 3.05) is 11.5 Å². The van der Waals surface area contributed by atoms with Crippen LogP contribution in [0.15, 0.2) is 47.4 Å². The molecule has 1 aliphatic heterocycles. The fourth-order valence-corrected chi connectivity index (χ4v) is 6.00. The molecule has 1 heterocycles. The van der Waals surface area contributed by atoms with Crippen LogP contribution in [0.2, 0.25) is 0 Å². The number of para-hydroxylation sites is 1. The summed E-state index contributed by atoms with van der Waals surface area (Å²) in [7, 11) is -3.56. The molecule has 1 amide bonds. The van der Waals surface area contributed by atoms with Gasteiger partial charge in [0, 0.05) is 17.8 Å². The molecule has 1 aliphatic carbocycles. The van der Waals surface area contributed by atoms with Gasteiger partial charge in [-0.1, -0.05) is 37.5 Å². The zero-order chi connectivity index (χ0) is 22.0. The minimum Gasteiger partial charge on any atom is -0.483 e. The third kappa shape index (κ3) is 4.77. The lowest BCUT2D eigenvalue weighted by atomic mass is 9.96. The number of carbonyl (C=O) groups is 1. The summed E-state index contributed by atoms with van der Waals surface area (Å²) in [6.45, 7) is 3.74. The normalized spacial score (nSPS) is 19.3. The van der Waals surface area contributed by atoms with Crippen LogP contribution in [-0.2, 0) is 21.2 Å². The molecule has 1 atom stereocenters. The summed E-state index contributed by atoms with van der Waals surface area (Å²) in [5.74, 6) is 0.414. The Morgan fingerprint density at radius 3 is 2.61 bits per heavy atom. The average Bonchev–Trinajstić information content (AvgIpc) is 3.08. The molecule has 2 aromatic rings. The van der Waals surface area contributed by atoms with Crippen LogP contribution in [-0.4, -0.2) is 33.0 Å². The largest absolute Gasteiger partial charge is 0.483 e. The molecule has 4 rings (SSSR count). The van der Waals surface area contributed by atoms with Gasteiger partial charge >= 0.3 is 0 Å². The lowest BCUT2D eigenvalue weighted by molar-refractivity contribution is -0.120. The summed E-state index contributed by atoms with van der Waals surface area (Å²) in [6, 6.07) is 12.8. The highest BCUT2D eigenvalue weighted by molar-refractivity contribution is 7.89. The topological polar surface area (TPSA) is 75.7 Å². The van der Waals surface area contributed by atoms with Crippen LogP contribution in [0.1, 0.15) is 50.2 Å². The van der Waals surface area contributed by atoms with Gasteiger partial charge in [0.15, 0.2) is 6.61 Å². The minimum atomic E-state index is -3.56. The highest BCUT2D eigenvalue weighted by Crippen LogP contribution is 2.32. The predicted octanol–water partition coefficient (Wildman–Crippen LogP) is 3.96.